The van der Waals surface area contributed by atoms with Crippen molar-refractivity contribution in [3.8, 4) is 0 Å². The van der Waals surface area contributed by atoms with Gasteiger partial charge in [0.2, 0.25) is 0 Å². The SMILES string of the molecule is CCNC(=NCc1cc(F)ccc1Br)NC1CCN(CC(F)(F)F)C1.I. The molecule has 2 N–H and O–H groups in total. The average molecular weight is 553 g/mol. The molecule has 1 fully saturated rings. The number of nitrogens with one attached hydrogen (secondary N) is 2. The van der Waals surface area contributed by atoms with Gasteiger partial charge in [-0.15, -0.1) is 24.0 Å². The Balaban J connectivity index is 0.00000338. The molecule has 1 aliphatic heterocycles. The third-order valence-electron chi connectivity index (χ3n) is 3.78. The number of benzene rings is 1. The summed E-state index contributed by atoms with van der Waals surface area (Å²) >= 11 is 3.35. The van der Waals surface area contributed by atoms with Crippen molar-refractivity contribution in [1.82, 2.24) is 15.5 Å². The zero-order valence-electron chi connectivity index (χ0n) is 14.2. The lowest BCUT2D eigenvalue weighted by atomic mass is 10.2. The molecule has 1 heterocycles. The average Bonchev–Trinajstić information content (AvgIpc) is 2.93. The van der Waals surface area contributed by atoms with E-state index < -0.39 is 12.7 Å². The lowest BCUT2D eigenvalue weighted by Gasteiger charge is -2.19. The van der Waals surface area contributed by atoms with Crippen LogP contribution >= 0.6 is 39.9 Å². The van der Waals surface area contributed by atoms with Gasteiger partial charge in [0, 0.05) is 30.1 Å². The molecular formula is C16H22BrF4IN4. The van der Waals surface area contributed by atoms with Crippen LogP contribution in [0.4, 0.5) is 17.6 Å². The number of alkyl halides is 3. The normalized spacial score (nSPS) is 18.5. The highest BCUT2D eigenvalue weighted by Crippen LogP contribution is 2.20. The maximum atomic E-state index is 13.3. The van der Waals surface area contributed by atoms with Crippen molar-refractivity contribution >= 4 is 45.9 Å². The molecule has 1 unspecified atom stereocenters. The van der Waals surface area contributed by atoms with Gasteiger partial charge in [0.15, 0.2) is 5.96 Å². The summed E-state index contributed by atoms with van der Waals surface area (Å²) in [6.07, 6.45) is -3.57. The van der Waals surface area contributed by atoms with E-state index in [1.165, 1.54) is 17.0 Å². The molecule has 1 aromatic rings. The first kappa shape index (κ1) is 23.4. The molecular weight excluding hydrogens is 531 g/mol. The van der Waals surface area contributed by atoms with Crippen molar-refractivity contribution in [2.75, 3.05) is 26.2 Å². The molecule has 10 heteroatoms. The zero-order valence-corrected chi connectivity index (χ0v) is 18.2. The molecule has 1 saturated heterocycles. The van der Waals surface area contributed by atoms with Crippen LogP contribution in [0.3, 0.4) is 0 Å². The van der Waals surface area contributed by atoms with E-state index in [0.717, 1.165) is 4.47 Å². The summed E-state index contributed by atoms with van der Waals surface area (Å²) in [5, 5.41) is 6.22. The van der Waals surface area contributed by atoms with Crippen molar-refractivity contribution in [3.05, 3.63) is 34.1 Å². The Morgan fingerprint density at radius 3 is 2.77 bits per heavy atom. The summed E-state index contributed by atoms with van der Waals surface area (Å²) in [6.45, 7) is 2.59. The number of hydrogen-bond acceptors (Lipinski definition) is 2. The molecule has 26 heavy (non-hydrogen) atoms. The van der Waals surface area contributed by atoms with Gasteiger partial charge in [0.05, 0.1) is 13.1 Å². The summed E-state index contributed by atoms with van der Waals surface area (Å²) in [5.74, 6) is 0.169. The maximum absolute atomic E-state index is 13.3. The van der Waals surface area contributed by atoms with Crippen LogP contribution < -0.4 is 10.6 Å². The fraction of sp³-hybridized carbons (Fsp3) is 0.562. The Hall–Kier alpha value is -0.620. The quantitative estimate of drug-likeness (QED) is 0.252. The number of rotatable bonds is 5. The van der Waals surface area contributed by atoms with Crippen molar-refractivity contribution in [2.24, 2.45) is 4.99 Å². The number of aliphatic imine (C=N–C) groups is 1. The molecule has 0 spiro atoms. The van der Waals surface area contributed by atoms with Gasteiger partial charge in [-0.2, -0.15) is 13.2 Å². The van der Waals surface area contributed by atoms with Crippen LogP contribution in [0.5, 0.6) is 0 Å². The van der Waals surface area contributed by atoms with Gasteiger partial charge in [-0.05, 0) is 37.1 Å². The van der Waals surface area contributed by atoms with Gasteiger partial charge in [0.25, 0.3) is 0 Å². The first-order valence-electron chi connectivity index (χ1n) is 8.04. The van der Waals surface area contributed by atoms with Crippen molar-refractivity contribution in [3.63, 3.8) is 0 Å². The number of likely N-dealkylation sites (tertiary alicyclic amines) is 1. The van der Waals surface area contributed by atoms with E-state index in [-0.39, 0.29) is 42.4 Å². The van der Waals surface area contributed by atoms with E-state index in [2.05, 4.69) is 31.6 Å². The van der Waals surface area contributed by atoms with E-state index >= 15 is 0 Å². The predicted molar refractivity (Wildman–Crippen MR) is 108 cm³/mol. The molecule has 2 rings (SSSR count). The van der Waals surface area contributed by atoms with Gasteiger partial charge in [-0.25, -0.2) is 9.38 Å². The Morgan fingerprint density at radius 2 is 2.12 bits per heavy atom. The topological polar surface area (TPSA) is 39.7 Å². The fourth-order valence-corrected chi connectivity index (χ4v) is 3.06. The zero-order chi connectivity index (χ0) is 18.4. The third-order valence-corrected chi connectivity index (χ3v) is 4.55. The molecule has 0 amide bonds. The second-order valence-corrected chi connectivity index (χ2v) is 6.77. The fourth-order valence-electron chi connectivity index (χ4n) is 2.69. The summed E-state index contributed by atoms with van der Waals surface area (Å²) in [5.41, 5.74) is 0.697. The van der Waals surface area contributed by atoms with E-state index in [1.54, 1.807) is 6.07 Å². The molecule has 0 radical (unpaired) electrons. The second kappa shape index (κ2) is 10.6. The monoisotopic (exact) mass is 552 g/mol. The smallest absolute Gasteiger partial charge is 0.357 e. The maximum Gasteiger partial charge on any atom is 0.401 e. The van der Waals surface area contributed by atoms with E-state index in [0.29, 0.717) is 37.6 Å². The highest BCUT2D eigenvalue weighted by atomic mass is 127. The Kier molecular flexibility index (Phi) is 9.59. The molecule has 1 aromatic carbocycles. The lowest BCUT2D eigenvalue weighted by Crippen LogP contribution is -2.45. The van der Waals surface area contributed by atoms with Gasteiger partial charge < -0.3 is 10.6 Å². The summed E-state index contributed by atoms with van der Waals surface area (Å²) in [7, 11) is 0. The Labute approximate surface area is 176 Å². The molecule has 148 valence electrons. The number of guanidine groups is 1. The number of halogens is 6. The van der Waals surface area contributed by atoms with Crippen molar-refractivity contribution in [2.45, 2.75) is 32.1 Å². The van der Waals surface area contributed by atoms with Gasteiger partial charge >= 0.3 is 6.18 Å². The van der Waals surface area contributed by atoms with Crippen LogP contribution in [0, 0.1) is 5.82 Å². The molecule has 0 bridgehead atoms. The van der Waals surface area contributed by atoms with E-state index in [9.17, 15) is 17.6 Å². The van der Waals surface area contributed by atoms with Crippen LogP contribution in [-0.2, 0) is 6.54 Å². The van der Waals surface area contributed by atoms with Crippen molar-refractivity contribution in [1.29, 1.82) is 0 Å². The minimum absolute atomic E-state index is 0. The van der Waals surface area contributed by atoms with Crippen LogP contribution in [0.2, 0.25) is 0 Å². The molecule has 0 aromatic heterocycles. The van der Waals surface area contributed by atoms with Crippen LogP contribution in [0.1, 0.15) is 18.9 Å². The lowest BCUT2D eigenvalue weighted by molar-refractivity contribution is -0.143. The largest absolute Gasteiger partial charge is 0.401 e. The van der Waals surface area contributed by atoms with Gasteiger partial charge in [0.1, 0.15) is 5.82 Å². The Morgan fingerprint density at radius 1 is 1.38 bits per heavy atom. The van der Waals surface area contributed by atoms with Gasteiger partial charge in [-0.1, -0.05) is 15.9 Å². The minimum atomic E-state index is -4.18. The van der Waals surface area contributed by atoms with Crippen LogP contribution in [0.25, 0.3) is 0 Å². The van der Waals surface area contributed by atoms with E-state index in [4.69, 9.17) is 0 Å². The van der Waals surface area contributed by atoms with Crippen molar-refractivity contribution < 1.29 is 17.6 Å². The molecule has 1 atom stereocenters. The van der Waals surface area contributed by atoms with Crippen LogP contribution in [-0.4, -0.2) is 49.3 Å². The first-order valence-corrected chi connectivity index (χ1v) is 8.84. The second-order valence-electron chi connectivity index (χ2n) is 5.91. The number of nitrogens with zero attached hydrogens (tertiary/aromatic N) is 2. The summed E-state index contributed by atoms with van der Waals surface area (Å²) in [4.78, 5) is 5.79. The summed E-state index contributed by atoms with van der Waals surface area (Å²) in [6, 6.07) is 4.27. The standard InChI is InChI=1S/C16H21BrF4N4.HI/c1-2-22-15(23-8-11-7-12(18)3-4-14(11)17)24-13-5-6-25(9-13)10-16(19,20)21;/h3-4,7,13H,2,5-6,8-10H2,1H3,(H2,22,23,24);1H. The number of hydrogen-bond donors (Lipinski definition) is 2. The molecule has 4 nitrogen and oxygen atoms in total. The van der Waals surface area contributed by atoms with Gasteiger partial charge in [-0.3, -0.25) is 4.90 Å². The highest BCUT2D eigenvalue weighted by molar-refractivity contribution is 14.0. The highest BCUT2D eigenvalue weighted by Gasteiger charge is 2.34. The van der Waals surface area contributed by atoms with E-state index in [1.807, 2.05) is 6.92 Å². The molecule has 0 saturated carbocycles. The summed E-state index contributed by atoms with van der Waals surface area (Å²) < 4.78 is 51.5. The minimum Gasteiger partial charge on any atom is -0.357 e. The molecule has 1 aliphatic rings. The van der Waals surface area contributed by atoms with Crippen LogP contribution in [0.15, 0.2) is 27.7 Å². The predicted octanol–water partition coefficient (Wildman–Crippen LogP) is 3.90. The first-order chi connectivity index (χ1) is 11.8. The third kappa shape index (κ3) is 7.95. The molecule has 0 aliphatic carbocycles. The Bertz CT molecular complexity index is 612.